The second-order valence-corrected chi connectivity index (χ2v) is 7.35. The summed E-state index contributed by atoms with van der Waals surface area (Å²) in [6.45, 7) is 1.88. The Hall–Kier alpha value is -2.96. The minimum atomic E-state index is -1.21. The number of carbonyl (C=O) groups excluding carboxylic acids is 3. The molecule has 2 aromatic rings. The molecule has 4 N–H and O–H groups in total. The summed E-state index contributed by atoms with van der Waals surface area (Å²) in [7, 11) is 0. The van der Waals surface area contributed by atoms with Gasteiger partial charge in [0.1, 0.15) is 11.9 Å². The minimum Gasteiger partial charge on any atom is -0.508 e. The summed E-state index contributed by atoms with van der Waals surface area (Å²) >= 11 is 2.02. The standard InChI is InChI=1S/C21H21IN2O7/c1-2-30-17(10-11-18(26)24-29)19(15-12-14(22)8-9-16(15)25)31-21(28)23-20(27)13-6-4-3-5-7-13/h3-12,17,19,25,29H,2H2,1H3,(H,24,26)(H,23,27,28)/b11-10+/t17-,19-/m0/s1. The number of ether oxygens (including phenoxy) is 2. The van der Waals surface area contributed by atoms with Gasteiger partial charge in [-0.25, -0.2) is 10.3 Å². The van der Waals surface area contributed by atoms with Crippen molar-refractivity contribution in [2.45, 2.75) is 19.1 Å². The van der Waals surface area contributed by atoms with E-state index in [1.165, 1.54) is 29.8 Å². The zero-order valence-electron chi connectivity index (χ0n) is 16.4. The molecule has 2 rings (SSSR count). The minimum absolute atomic E-state index is 0.169. The molecular weight excluding hydrogens is 519 g/mol. The van der Waals surface area contributed by atoms with Gasteiger partial charge in [-0.2, -0.15) is 0 Å². The molecule has 164 valence electrons. The lowest BCUT2D eigenvalue weighted by molar-refractivity contribution is -0.124. The molecule has 10 heteroatoms. The second-order valence-electron chi connectivity index (χ2n) is 6.10. The van der Waals surface area contributed by atoms with Crippen molar-refractivity contribution in [1.82, 2.24) is 10.8 Å². The third kappa shape index (κ3) is 7.35. The number of carbonyl (C=O) groups is 3. The third-order valence-corrected chi connectivity index (χ3v) is 4.66. The number of alkyl carbamates (subject to hydrolysis) is 1. The first kappa shape index (κ1) is 24.3. The lowest BCUT2D eigenvalue weighted by atomic mass is 10.0. The summed E-state index contributed by atoms with van der Waals surface area (Å²) in [5, 5.41) is 21.2. The lowest BCUT2D eigenvalue weighted by Crippen LogP contribution is -2.35. The number of phenols is 1. The fourth-order valence-electron chi connectivity index (χ4n) is 2.62. The molecule has 0 saturated carbocycles. The van der Waals surface area contributed by atoms with Gasteiger partial charge in [0.05, 0.1) is 0 Å². The van der Waals surface area contributed by atoms with Gasteiger partial charge < -0.3 is 14.6 Å². The van der Waals surface area contributed by atoms with Crippen molar-refractivity contribution in [1.29, 1.82) is 0 Å². The van der Waals surface area contributed by atoms with Crippen molar-refractivity contribution in [2.75, 3.05) is 6.61 Å². The molecule has 2 aromatic carbocycles. The van der Waals surface area contributed by atoms with E-state index in [0.29, 0.717) is 0 Å². The van der Waals surface area contributed by atoms with E-state index >= 15 is 0 Å². The maximum absolute atomic E-state index is 12.5. The van der Waals surface area contributed by atoms with Crippen molar-refractivity contribution in [3.05, 3.63) is 75.4 Å². The molecular formula is C21H21IN2O7. The van der Waals surface area contributed by atoms with Crippen LogP contribution in [0.15, 0.2) is 60.7 Å². The van der Waals surface area contributed by atoms with Crippen molar-refractivity contribution in [2.24, 2.45) is 0 Å². The van der Waals surface area contributed by atoms with Gasteiger partial charge in [-0.05, 0) is 65.9 Å². The maximum Gasteiger partial charge on any atom is 0.414 e. The molecule has 0 aliphatic carbocycles. The molecule has 0 aliphatic rings. The first-order valence-electron chi connectivity index (χ1n) is 9.15. The van der Waals surface area contributed by atoms with Gasteiger partial charge in [0.2, 0.25) is 0 Å². The van der Waals surface area contributed by atoms with E-state index in [4.69, 9.17) is 14.7 Å². The number of rotatable bonds is 8. The van der Waals surface area contributed by atoms with Crippen LogP contribution in [0, 0.1) is 3.57 Å². The molecule has 0 unspecified atom stereocenters. The van der Waals surface area contributed by atoms with Gasteiger partial charge in [-0.1, -0.05) is 18.2 Å². The number of benzene rings is 2. The predicted octanol–water partition coefficient (Wildman–Crippen LogP) is 3.07. The Morgan fingerprint density at radius 3 is 2.52 bits per heavy atom. The van der Waals surface area contributed by atoms with E-state index in [2.05, 4.69) is 5.32 Å². The fraction of sp³-hybridized carbons (Fsp3) is 0.190. The van der Waals surface area contributed by atoms with Crippen molar-refractivity contribution in [3.63, 3.8) is 0 Å². The SMILES string of the molecule is CCO[C@@H](/C=C/C(=O)NO)[C@@H](OC(=O)NC(=O)c1ccccc1)c1cc(I)ccc1O. The zero-order chi connectivity index (χ0) is 22.8. The Labute approximate surface area is 192 Å². The number of hydrogen-bond acceptors (Lipinski definition) is 7. The van der Waals surface area contributed by atoms with Crippen LogP contribution in [0.5, 0.6) is 5.75 Å². The highest BCUT2D eigenvalue weighted by molar-refractivity contribution is 14.1. The van der Waals surface area contributed by atoms with Gasteiger partial charge in [0, 0.05) is 27.4 Å². The summed E-state index contributed by atoms with van der Waals surface area (Å²) in [4.78, 5) is 36.1. The Kier molecular flexibility index (Phi) is 9.43. The number of nitrogens with one attached hydrogen (secondary N) is 2. The van der Waals surface area contributed by atoms with Crippen molar-refractivity contribution >= 4 is 40.5 Å². The van der Waals surface area contributed by atoms with Crippen LogP contribution >= 0.6 is 22.6 Å². The molecule has 9 nitrogen and oxygen atoms in total. The fourth-order valence-corrected chi connectivity index (χ4v) is 3.13. The van der Waals surface area contributed by atoms with Crippen LogP contribution < -0.4 is 10.8 Å². The predicted molar refractivity (Wildman–Crippen MR) is 118 cm³/mol. The molecule has 3 amide bonds. The van der Waals surface area contributed by atoms with Crippen LogP contribution in [0.2, 0.25) is 0 Å². The largest absolute Gasteiger partial charge is 0.508 e. The topological polar surface area (TPSA) is 134 Å². The lowest BCUT2D eigenvalue weighted by Gasteiger charge is -2.26. The molecule has 0 saturated heterocycles. The first-order valence-corrected chi connectivity index (χ1v) is 10.2. The molecule has 0 aromatic heterocycles. The van der Waals surface area contributed by atoms with Crippen molar-refractivity contribution in [3.8, 4) is 5.75 Å². The molecule has 0 aliphatic heterocycles. The quantitative estimate of drug-likeness (QED) is 0.175. The van der Waals surface area contributed by atoms with Crippen LogP contribution in [-0.4, -0.2) is 40.9 Å². The average Bonchev–Trinajstić information content (AvgIpc) is 2.77. The Morgan fingerprint density at radius 2 is 1.87 bits per heavy atom. The number of hydrogen-bond donors (Lipinski definition) is 4. The Balaban J connectivity index is 2.33. The van der Waals surface area contributed by atoms with E-state index in [-0.39, 0.29) is 23.5 Å². The highest BCUT2D eigenvalue weighted by Crippen LogP contribution is 2.33. The molecule has 31 heavy (non-hydrogen) atoms. The summed E-state index contributed by atoms with van der Waals surface area (Å²) in [5.41, 5.74) is 1.92. The van der Waals surface area contributed by atoms with E-state index in [0.717, 1.165) is 9.65 Å². The average molecular weight is 540 g/mol. The Bertz CT molecular complexity index is 950. The van der Waals surface area contributed by atoms with Gasteiger partial charge in [0.15, 0.2) is 6.10 Å². The summed E-state index contributed by atoms with van der Waals surface area (Å²) in [5.74, 6) is -1.66. The number of aromatic hydroxyl groups is 1. The van der Waals surface area contributed by atoms with Crippen LogP contribution in [0.1, 0.15) is 28.9 Å². The van der Waals surface area contributed by atoms with Gasteiger partial charge in [-0.3, -0.25) is 20.1 Å². The molecule has 2 atom stereocenters. The summed E-state index contributed by atoms with van der Waals surface area (Å²) < 4.78 is 11.8. The number of hydroxylamine groups is 1. The van der Waals surface area contributed by atoms with Gasteiger partial charge in [-0.15, -0.1) is 0 Å². The number of amides is 3. The normalized spacial score (nSPS) is 12.7. The van der Waals surface area contributed by atoms with E-state index < -0.39 is 30.1 Å². The van der Waals surface area contributed by atoms with Crippen LogP contribution in [0.4, 0.5) is 4.79 Å². The third-order valence-electron chi connectivity index (χ3n) is 3.99. The molecule has 0 heterocycles. The number of phenolic OH excluding ortho intramolecular Hbond substituents is 1. The Morgan fingerprint density at radius 1 is 1.16 bits per heavy atom. The highest BCUT2D eigenvalue weighted by atomic mass is 127. The molecule has 0 radical (unpaired) electrons. The maximum atomic E-state index is 12.5. The molecule has 0 spiro atoms. The van der Waals surface area contributed by atoms with E-state index in [1.807, 2.05) is 22.6 Å². The number of halogens is 1. The van der Waals surface area contributed by atoms with E-state index in [9.17, 15) is 19.5 Å². The monoisotopic (exact) mass is 540 g/mol. The number of imide groups is 1. The van der Waals surface area contributed by atoms with Gasteiger partial charge in [0.25, 0.3) is 11.8 Å². The van der Waals surface area contributed by atoms with Crippen LogP contribution in [0.3, 0.4) is 0 Å². The second kappa shape index (κ2) is 12.0. The van der Waals surface area contributed by atoms with Crippen molar-refractivity contribution < 1.29 is 34.2 Å². The van der Waals surface area contributed by atoms with Crippen LogP contribution in [0.25, 0.3) is 0 Å². The summed E-state index contributed by atoms with van der Waals surface area (Å²) in [6, 6.07) is 12.7. The summed E-state index contributed by atoms with van der Waals surface area (Å²) in [6.07, 6.45) is -1.02. The van der Waals surface area contributed by atoms with Gasteiger partial charge >= 0.3 is 6.09 Å². The highest BCUT2D eigenvalue weighted by Gasteiger charge is 2.29. The van der Waals surface area contributed by atoms with Crippen LogP contribution in [-0.2, 0) is 14.3 Å². The smallest absolute Gasteiger partial charge is 0.414 e. The first-order chi connectivity index (χ1) is 14.8. The molecule has 0 bridgehead atoms. The zero-order valence-corrected chi connectivity index (χ0v) is 18.6. The molecule has 0 fully saturated rings. The van der Waals surface area contributed by atoms with E-state index in [1.54, 1.807) is 37.3 Å².